The summed E-state index contributed by atoms with van der Waals surface area (Å²) >= 11 is 5.94. The van der Waals surface area contributed by atoms with Crippen LogP contribution in [0.3, 0.4) is 0 Å². The zero-order chi connectivity index (χ0) is 16.6. The molecular formula is C20H17ClN2O. The van der Waals surface area contributed by atoms with E-state index in [1.165, 1.54) is 0 Å². The monoisotopic (exact) mass is 336 g/mol. The van der Waals surface area contributed by atoms with E-state index in [-0.39, 0.29) is 0 Å². The second-order valence-corrected chi connectivity index (χ2v) is 5.66. The number of hydrazone groups is 1. The van der Waals surface area contributed by atoms with Gasteiger partial charge in [-0.1, -0.05) is 60.1 Å². The number of nitrogens with zero attached hydrogens (tertiary/aromatic N) is 1. The molecule has 0 aliphatic carbocycles. The van der Waals surface area contributed by atoms with Crippen molar-refractivity contribution in [1.82, 2.24) is 0 Å². The summed E-state index contributed by atoms with van der Waals surface area (Å²) in [6.07, 6.45) is 1.75. The molecule has 0 spiro atoms. The van der Waals surface area contributed by atoms with Gasteiger partial charge in [-0.05, 0) is 41.5 Å². The number of benzene rings is 3. The highest BCUT2D eigenvalue weighted by atomic mass is 35.5. The predicted octanol–water partition coefficient (Wildman–Crippen LogP) is 5.37. The summed E-state index contributed by atoms with van der Waals surface area (Å²) in [5.41, 5.74) is 5.89. The van der Waals surface area contributed by atoms with Gasteiger partial charge in [0.2, 0.25) is 0 Å². The van der Waals surface area contributed by atoms with Crippen LogP contribution in [0.1, 0.15) is 11.1 Å². The predicted molar refractivity (Wildman–Crippen MR) is 99.9 cm³/mol. The van der Waals surface area contributed by atoms with E-state index in [9.17, 15) is 0 Å². The van der Waals surface area contributed by atoms with Crippen molar-refractivity contribution in [3.63, 3.8) is 0 Å². The number of ether oxygens (including phenoxy) is 1. The standard InChI is InChI=1S/C20H17ClN2O/c21-18-9-5-10-19(13-18)23-22-14-17-8-4-11-20(12-17)24-15-16-6-2-1-3-7-16/h1-14,23H,15H2/b22-14-. The molecule has 0 radical (unpaired) electrons. The van der Waals surface area contributed by atoms with E-state index < -0.39 is 0 Å². The van der Waals surface area contributed by atoms with E-state index in [4.69, 9.17) is 16.3 Å². The summed E-state index contributed by atoms with van der Waals surface area (Å²) in [4.78, 5) is 0. The zero-order valence-electron chi connectivity index (χ0n) is 13.0. The van der Waals surface area contributed by atoms with E-state index >= 15 is 0 Å². The Kier molecular flexibility index (Phi) is 5.48. The van der Waals surface area contributed by atoms with Gasteiger partial charge in [-0.2, -0.15) is 5.10 Å². The SMILES string of the molecule is Clc1cccc(N/N=C\c2cccc(OCc3ccccc3)c2)c1. The Morgan fingerprint density at radius 3 is 2.58 bits per heavy atom. The molecule has 3 aromatic rings. The van der Waals surface area contributed by atoms with E-state index in [2.05, 4.69) is 10.5 Å². The fraction of sp³-hybridized carbons (Fsp3) is 0.0500. The Labute approximate surface area is 146 Å². The van der Waals surface area contributed by atoms with Crippen LogP contribution in [-0.4, -0.2) is 6.21 Å². The molecule has 4 heteroatoms. The molecule has 3 nitrogen and oxygen atoms in total. The Hall–Kier alpha value is -2.78. The maximum absolute atomic E-state index is 5.94. The van der Waals surface area contributed by atoms with Crippen molar-refractivity contribution in [2.45, 2.75) is 6.61 Å². The summed E-state index contributed by atoms with van der Waals surface area (Å²) in [5, 5.41) is 4.90. The zero-order valence-corrected chi connectivity index (χ0v) is 13.8. The second kappa shape index (κ2) is 8.18. The third kappa shape index (κ3) is 4.86. The minimum atomic E-state index is 0.544. The van der Waals surface area contributed by atoms with Gasteiger partial charge >= 0.3 is 0 Å². The quantitative estimate of drug-likeness (QED) is 0.485. The Balaban J connectivity index is 1.59. The van der Waals surface area contributed by atoms with Gasteiger partial charge in [-0.25, -0.2) is 0 Å². The van der Waals surface area contributed by atoms with Crippen LogP contribution < -0.4 is 10.2 Å². The largest absolute Gasteiger partial charge is 0.489 e. The molecule has 0 heterocycles. The lowest BCUT2D eigenvalue weighted by atomic mass is 10.2. The Bertz CT molecular complexity index is 819. The summed E-state index contributed by atoms with van der Waals surface area (Å²) in [6, 6.07) is 25.3. The van der Waals surface area contributed by atoms with Crippen LogP contribution in [0.5, 0.6) is 5.75 Å². The van der Waals surface area contributed by atoms with Gasteiger partial charge in [0.05, 0.1) is 11.9 Å². The number of nitrogens with one attached hydrogen (secondary N) is 1. The molecule has 0 amide bonds. The molecule has 0 atom stereocenters. The molecule has 3 rings (SSSR count). The number of anilines is 1. The van der Waals surface area contributed by atoms with Gasteiger partial charge in [0.15, 0.2) is 0 Å². The van der Waals surface area contributed by atoms with Crippen molar-refractivity contribution >= 4 is 23.5 Å². The number of rotatable bonds is 6. The lowest BCUT2D eigenvalue weighted by Gasteiger charge is -2.06. The molecular weight excluding hydrogens is 320 g/mol. The van der Waals surface area contributed by atoms with Gasteiger partial charge in [-0.3, -0.25) is 5.43 Å². The molecule has 0 fully saturated rings. The lowest BCUT2D eigenvalue weighted by Crippen LogP contribution is -1.96. The van der Waals surface area contributed by atoms with Crippen molar-refractivity contribution in [2.24, 2.45) is 5.10 Å². The highest BCUT2D eigenvalue weighted by Crippen LogP contribution is 2.16. The third-order valence-electron chi connectivity index (χ3n) is 3.34. The Morgan fingerprint density at radius 2 is 1.75 bits per heavy atom. The van der Waals surface area contributed by atoms with Gasteiger partial charge < -0.3 is 4.74 Å². The first kappa shape index (κ1) is 16.1. The van der Waals surface area contributed by atoms with Crippen LogP contribution in [-0.2, 0) is 6.61 Å². The highest BCUT2D eigenvalue weighted by molar-refractivity contribution is 6.30. The minimum absolute atomic E-state index is 0.544. The second-order valence-electron chi connectivity index (χ2n) is 5.23. The first-order valence-electron chi connectivity index (χ1n) is 7.61. The van der Waals surface area contributed by atoms with E-state index in [1.807, 2.05) is 78.9 Å². The van der Waals surface area contributed by atoms with Crippen LogP contribution in [0.4, 0.5) is 5.69 Å². The normalized spacial score (nSPS) is 10.7. The molecule has 0 aliphatic rings. The van der Waals surface area contributed by atoms with E-state index in [1.54, 1.807) is 6.21 Å². The molecule has 0 unspecified atom stereocenters. The molecule has 0 aromatic heterocycles. The molecule has 0 saturated heterocycles. The van der Waals surface area contributed by atoms with Crippen molar-refractivity contribution in [2.75, 3.05) is 5.43 Å². The first-order valence-corrected chi connectivity index (χ1v) is 7.99. The van der Waals surface area contributed by atoms with Crippen molar-refractivity contribution in [3.8, 4) is 5.75 Å². The first-order chi connectivity index (χ1) is 11.8. The topological polar surface area (TPSA) is 33.6 Å². The molecule has 3 aromatic carbocycles. The van der Waals surface area contributed by atoms with Crippen LogP contribution in [0.25, 0.3) is 0 Å². The fourth-order valence-corrected chi connectivity index (χ4v) is 2.36. The fourth-order valence-electron chi connectivity index (χ4n) is 2.16. The molecule has 1 N–H and O–H groups in total. The van der Waals surface area contributed by atoms with Crippen LogP contribution in [0.2, 0.25) is 5.02 Å². The number of hydrogen-bond donors (Lipinski definition) is 1. The number of hydrogen-bond acceptors (Lipinski definition) is 3. The smallest absolute Gasteiger partial charge is 0.120 e. The van der Waals surface area contributed by atoms with Crippen molar-refractivity contribution in [3.05, 3.63) is 95.0 Å². The van der Waals surface area contributed by atoms with Crippen LogP contribution in [0, 0.1) is 0 Å². The van der Waals surface area contributed by atoms with Crippen LogP contribution >= 0.6 is 11.6 Å². The van der Waals surface area contributed by atoms with Gasteiger partial charge in [0, 0.05) is 5.02 Å². The average molecular weight is 337 g/mol. The van der Waals surface area contributed by atoms with Crippen molar-refractivity contribution < 1.29 is 4.74 Å². The Morgan fingerprint density at radius 1 is 0.917 bits per heavy atom. The average Bonchev–Trinajstić information content (AvgIpc) is 2.61. The summed E-state index contributed by atoms with van der Waals surface area (Å²) < 4.78 is 5.81. The summed E-state index contributed by atoms with van der Waals surface area (Å²) in [5.74, 6) is 0.811. The molecule has 24 heavy (non-hydrogen) atoms. The minimum Gasteiger partial charge on any atom is -0.489 e. The summed E-state index contributed by atoms with van der Waals surface area (Å²) in [7, 11) is 0. The molecule has 0 saturated carbocycles. The molecule has 120 valence electrons. The van der Waals surface area contributed by atoms with E-state index in [0.29, 0.717) is 11.6 Å². The highest BCUT2D eigenvalue weighted by Gasteiger charge is 1.97. The van der Waals surface area contributed by atoms with Crippen LogP contribution in [0.15, 0.2) is 84.0 Å². The summed E-state index contributed by atoms with van der Waals surface area (Å²) in [6.45, 7) is 0.544. The van der Waals surface area contributed by atoms with Crippen molar-refractivity contribution in [1.29, 1.82) is 0 Å². The van der Waals surface area contributed by atoms with Gasteiger partial charge in [-0.15, -0.1) is 0 Å². The number of halogens is 1. The van der Waals surface area contributed by atoms with Gasteiger partial charge in [0.25, 0.3) is 0 Å². The van der Waals surface area contributed by atoms with E-state index in [0.717, 1.165) is 22.6 Å². The molecule has 0 aliphatic heterocycles. The molecule has 0 bridgehead atoms. The van der Waals surface area contributed by atoms with Gasteiger partial charge in [0.1, 0.15) is 12.4 Å². The lowest BCUT2D eigenvalue weighted by molar-refractivity contribution is 0.306. The maximum atomic E-state index is 5.94. The third-order valence-corrected chi connectivity index (χ3v) is 3.57. The maximum Gasteiger partial charge on any atom is 0.120 e.